The highest BCUT2D eigenvalue weighted by Gasteiger charge is 2.27. The molecule has 0 atom stereocenters. The van der Waals surface area contributed by atoms with Gasteiger partial charge in [-0.15, -0.1) is 11.3 Å². The van der Waals surface area contributed by atoms with Crippen molar-refractivity contribution < 1.29 is 14.3 Å². The minimum Gasteiger partial charge on any atom is -0.497 e. The van der Waals surface area contributed by atoms with Gasteiger partial charge in [0.1, 0.15) is 10.8 Å². The maximum atomic E-state index is 13.0. The molecule has 2 aromatic carbocycles. The minimum absolute atomic E-state index is 0.266. The zero-order valence-corrected chi connectivity index (χ0v) is 19.5. The fourth-order valence-electron chi connectivity index (χ4n) is 4.34. The van der Waals surface area contributed by atoms with Gasteiger partial charge in [-0.2, -0.15) is 0 Å². The summed E-state index contributed by atoms with van der Waals surface area (Å²) < 4.78 is 10.9. The summed E-state index contributed by atoms with van der Waals surface area (Å²) in [5, 5.41) is 6.90. The molecule has 0 fully saturated rings. The van der Waals surface area contributed by atoms with Crippen LogP contribution in [0, 0.1) is 0 Å². The average molecular weight is 467 g/mol. The summed E-state index contributed by atoms with van der Waals surface area (Å²) in [4.78, 5) is 19.0. The van der Waals surface area contributed by atoms with E-state index in [2.05, 4.69) is 5.32 Å². The predicted molar refractivity (Wildman–Crippen MR) is 131 cm³/mol. The van der Waals surface area contributed by atoms with Crippen LogP contribution in [0.1, 0.15) is 40.6 Å². The van der Waals surface area contributed by atoms with Crippen molar-refractivity contribution in [3.8, 4) is 5.75 Å². The van der Waals surface area contributed by atoms with Crippen molar-refractivity contribution in [2.75, 3.05) is 19.0 Å². The molecule has 1 aliphatic rings. The third kappa shape index (κ3) is 3.67. The molecule has 0 unspecified atom stereocenters. The van der Waals surface area contributed by atoms with Gasteiger partial charge < -0.3 is 14.8 Å². The van der Waals surface area contributed by atoms with Gasteiger partial charge in [-0.3, -0.25) is 0 Å². The normalized spacial score (nSPS) is 13.2. The number of fused-ring (bicyclic) bond motifs is 3. The van der Waals surface area contributed by atoms with E-state index in [0.717, 1.165) is 69.5 Å². The van der Waals surface area contributed by atoms with Crippen LogP contribution in [0.2, 0.25) is 5.02 Å². The number of methoxy groups -OCH3 is 1. The largest absolute Gasteiger partial charge is 0.497 e. The number of hydrogen-bond acceptors (Lipinski definition) is 6. The Hall–Kier alpha value is -2.83. The van der Waals surface area contributed by atoms with Crippen LogP contribution in [0.5, 0.6) is 5.75 Å². The second-order valence-corrected chi connectivity index (χ2v) is 9.33. The quantitative estimate of drug-likeness (QED) is 0.256. The van der Waals surface area contributed by atoms with Crippen LogP contribution in [-0.2, 0) is 17.6 Å². The van der Waals surface area contributed by atoms with Crippen molar-refractivity contribution >= 4 is 61.4 Å². The Kier molecular flexibility index (Phi) is 5.66. The lowest BCUT2D eigenvalue weighted by Gasteiger charge is -2.15. The van der Waals surface area contributed by atoms with E-state index in [9.17, 15) is 4.79 Å². The van der Waals surface area contributed by atoms with Crippen molar-refractivity contribution in [3.63, 3.8) is 0 Å². The molecule has 4 aromatic rings. The fourth-order valence-corrected chi connectivity index (χ4v) is 5.79. The van der Waals surface area contributed by atoms with Crippen LogP contribution in [0.4, 0.5) is 10.7 Å². The molecule has 0 amide bonds. The number of halogens is 1. The van der Waals surface area contributed by atoms with E-state index in [0.29, 0.717) is 17.2 Å². The number of thiophene rings is 1. The van der Waals surface area contributed by atoms with Crippen LogP contribution < -0.4 is 10.1 Å². The molecule has 164 valence electrons. The summed E-state index contributed by atoms with van der Waals surface area (Å²) in [6.45, 7) is 2.18. The number of aryl methyl sites for hydroxylation is 1. The number of aromatic nitrogens is 1. The van der Waals surface area contributed by atoms with E-state index in [1.165, 1.54) is 4.88 Å². The fraction of sp³-hybridized carbons (Fsp3) is 0.280. The van der Waals surface area contributed by atoms with Gasteiger partial charge >= 0.3 is 5.97 Å². The highest BCUT2D eigenvalue weighted by Crippen LogP contribution is 2.43. The standard InChI is InChI=1S/C25H23ClN2O3S/c1-3-31-25(29)22-17-6-4-5-7-21(17)32-24(22)28-23-16-10-8-14(26)12-20(16)27-19-11-9-15(30-2)13-18(19)23/h8-13H,3-7H2,1-2H3,(H,27,28). The maximum Gasteiger partial charge on any atom is 0.341 e. The molecule has 5 rings (SSSR count). The molecule has 0 saturated carbocycles. The predicted octanol–water partition coefficient (Wildman–Crippen LogP) is 6.91. The molecule has 7 heteroatoms. The molecule has 1 aliphatic carbocycles. The molecule has 0 bridgehead atoms. The van der Waals surface area contributed by atoms with Gasteiger partial charge in [0.15, 0.2) is 0 Å². The van der Waals surface area contributed by atoms with E-state index in [1.807, 2.05) is 43.3 Å². The maximum absolute atomic E-state index is 13.0. The van der Waals surface area contributed by atoms with Crippen LogP contribution in [-0.4, -0.2) is 24.7 Å². The summed E-state index contributed by atoms with van der Waals surface area (Å²) in [5.74, 6) is 0.476. The number of anilines is 2. The molecule has 2 heterocycles. The molecule has 0 saturated heterocycles. The summed E-state index contributed by atoms with van der Waals surface area (Å²) in [6.07, 6.45) is 4.14. The Balaban J connectivity index is 1.74. The topological polar surface area (TPSA) is 60.5 Å². The van der Waals surface area contributed by atoms with Gasteiger partial charge in [0, 0.05) is 20.7 Å². The van der Waals surface area contributed by atoms with Crippen LogP contribution in [0.15, 0.2) is 36.4 Å². The van der Waals surface area contributed by atoms with E-state index in [4.69, 9.17) is 26.1 Å². The monoisotopic (exact) mass is 466 g/mol. The van der Waals surface area contributed by atoms with Crippen molar-refractivity contribution in [2.45, 2.75) is 32.6 Å². The second-order valence-electron chi connectivity index (χ2n) is 7.79. The Bertz CT molecular complexity index is 1350. The highest BCUT2D eigenvalue weighted by atomic mass is 35.5. The number of carbonyl (C=O) groups excluding carboxylic acids is 1. The highest BCUT2D eigenvalue weighted by molar-refractivity contribution is 7.16. The lowest BCUT2D eigenvalue weighted by atomic mass is 9.95. The molecule has 2 aromatic heterocycles. The molecule has 1 N–H and O–H groups in total. The van der Waals surface area contributed by atoms with Crippen molar-refractivity contribution in [1.82, 2.24) is 4.98 Å². The van der Waals surface area contributed by atoms with Gasteiger partial charge in [-0.1, -0.05) is 11.6 Å². The average Bonchev–Trinajstić information content (AvgIpc) is 3.16. The van der Waals surface area contributed by atoms with Gasteiger partial charge in [-0.25, -0.2) is 9.78 Å². The van der Waals surface area contributed by atoms with Crippen molar-refractivity contribution in [2.24, 2.45) is 0 Å². The lowest BCUT2D eigenvalue weighted by Crippen LogP contribution is -2.11. The number of pyridine rings is 1. The van der Waals surface area contributed by atoms with Crippen molar-refractivity contribution in [1.29, 1.82) is 0 Å². The van der Waals surface area contributed by atoms with Gasteiger partial charge in [0.2, 0.25) is 0 Å². The number of ether oxygens (including phenoxy) is 2. The summed E-state index contributed by atoms with van der Waals surface area (Å²) in [6, 6.07) is 11.5. The number of nitrogens with one attached hydrogen (secondary N) is 1. The summed E-state index contributed by atoms with van der Waals surface area (Å²) in [5.41, 5.74) is 4.29. The Labute approximate surface area is 195 Å². The smallest absolute Gasteiger partial charge is 0.341 e. The van der Waals surface area contributed by atoms with E-state index < -0.39 is 0 Å². The molecule has 0 spiro atoms. The minimum atomic E-state index is -0.266. The molecule has 5 nitrogen and oxygen atoms in total. The summed E-state index contributed by atoms with van der Waals surface area (Å²) in [7, 11) is 1.65. The van der Waals surface area contributed by atoms with Gasteiger partial charge in [0.25, 0.3) is 0 Å². The first-order valence-corrected chi connectivity index (χ1v) is 11.9. The first-order chi connectivity index (χ1) is 15.6. The number of carbonyl (C=O) groups is 1. The molecular weight excluding hydrogens is 444 g/mol. The number of nitrogens with zero attached hydrogens (tertiary/aromatic N) is 1. The second kappa shape index (κ2) is 8.60. The van der Waals surface area contributed by atoms with E-state index in [-0.39, 0.29) is 5.97 Å². The third-order valence-electron chi connectivity index (χ3n) is 5.83. The van der Waals surface area contributed by atoms with E-state index >= 15 is 0 Å². The van der Waals surface area contributed by atoms with Gasteiger partial charge in [-0.05, 0) is 74.6 Å². The lowest BCUT2D eigenvalue weighted by molar-refractivity contribution is 0.0526. The zero-order valence-electron chi connectivity index (χ0n) is 18.0. The molecule has 32 heavy (non-hydrogen) atoms. The Morgan fingerprint density at radius 2 is 1.97 bits per heavy atom. The van der Waals surface area contributed by atoms with Crippen LogP contribution >= 0.6 is 22.9 Å². The third-order valence-corrected chi connectivity index (χ3v) is 7.27. The number of rotatable bonds is 5. The summed E-state index contributed by atoms with van der Waals surface area (Å²) >= 11 is 7.91. The zero-order chi connectivity index (χ0) is 22.2. The molecule has 0 radical (unpaired) electrons. The Morgan fingerprint density at radius 3 is 2.78 bits per heavy atom. The number of hydrogen-bond donors (Lipinski definition) is 1. The Morgan fingerprint density at radius 1 is 1.12 bits per heavy atom. The number of benzene rings is 2. The molecule has 0 aliphatic heterocycles. The van der Waals surface area contributed by atoms with Crippen LogP contribution in [0.25, 0.3) is 21.8 Å². The molecular formula is C25H23ClN2O3S. The van der Waals surface area contributed by atoms with Gasteiger partial charge in [0.05, 0.1) is 36.0 Å². The van der Waals surface area contributed by atoms with E-state index in [1.54, 1.807) is 18.4 Å². The first kappa shape index (κ1) is 21.0. The number of esters is 1. The first-order valence-electron chi connectivity index (χ1n) is 10.7. The SMILES string of the molecule is CCOC(=O)c1c(Nc2c3ccc(Cl)cc3nc3ccc(OC)cc23)sc2c1CCCC2. The van der Waals surface area contributed by atoms with Crippen molar-refractivity contribution in [3.05, 3.63) is 57.4 Å². The van der Waals surface area contributed by atoms with Crippen LogP contribution in [0.3, 0.4) is 0 Å².